The monoisotopic (exact) mass is 411 g/mol. The molecular formula is C25H21N3O3. The average molecular weight is 411 g/mol. The number of fused-ring (bicyclic) bond motifs is 1. The summed E-state index contributed by atoms with van der Waals surface area (Å²) < 4.78 is 18.8. The molecule has 1 aliphatic rings. The van der Waals surface area contributed by atoms with E-state index in [2.05, 4.69) is 22.5 Å². The molecule has 0 saturated carbocycles. The minimum absolute atomic E-state index is 0.157. The van der Waals surface area contributed by atoms with Crippen molar-refractivity contribution >= 4 is 22.6 Å². The summed E-state index contributed by atoms with van der Waals surface area (Å²) in [5.74, 6) is 3.09. The molecule has 0 unspecified atom stereocenters. The standard InChI is InChI=1S/C25H21N3O3/c1-29-20-11-7-17(8-12-20)24-15-19(28-23-6-4-3-5-22(23)26-27-28)16-25(31-24)18-9-13-21(30-2)14-10-18/h3-16,19H,1-2H3. The Morgan fingerprint density at radius 2 is 1.29 bits per heavy atom. The highest BCUT2D eigenvalue weighted by Gasteiger charge is 2.22. The van der Waals surface area contributed by atoms with Crippen LogP contribution in [0.5, 0.6) is 11.5 Å². The Balaban J connectivity index is 1.59. The van der Waals surface area contributed by atoms with Crippen LogP contribution >= 0.6 is 0 Å². The highest BCUT2D eigenvalue weighted by atomic mass is 16.5. The Labute approximate surface area is 180 Å². The van der Waals surface area contributed by atoms with Gasteiger partial charge in [-0.05, 0) is 72.8 Å². The number of rotatable bonds is 5. The molecule has 2 heterocycles. The second kappa shape index (κ2) is 7.99. The lowest BCUT2D eigenvalue weighted by molar-refractivity contribution is 0.414. The zero-order valence-electron chi connectivity index (χ0n) is 17.2. The minimum Gasteiger partial charge on any atom is -0.497 e. The zero-order chi connectivity index (χ0) is 21.2. The minimum atomic E-state index is -0.157. The van der Waals surface area contributed by atoms with Crippen LogP contribution in [0.1, 0.15) is 17.2 Å². The summed E-state index contributed by atoms with van der Waals surface area (Å²) in [6.07, 6.45) is 4.10. The first-order chi connectivity index (χ1) is 15.2. The maximum Gasteiger partial charge on any atom is 0.133 e. The fraction of sp³-hybridized carbons (Fsp3) is 0.120. The summed E-state index contributed by atoms with van der Waals surface area (Å²) in [7, 11) is 3.31. The lowest BCUT2D eigenvalue weighted by atomic mass is 10.0. The van der Waals surface area contributed by atoms with Crippen LogP contribution in [0.2, 0.25) is 0 Å². The Kier molecular flexibility index (Phi) is 4.88. The maximum atomic E-state index is 6.32. The van der Waals surface area contributed by atoms with Crippen LogP contribution in [-0.4, -0.2) is 29.2 Å². The van der Waals surface area contributed by atoms with E-state index >= 15 is 0 Å². The van der Waals surface area contributed by atoms with Crippen LogP contribution in [0.25, 0.3) is 22.6 Å². The SMILES string of the molecule is COc1ccc(C2=CC(n3nnc4ccccc43)C=C(c3ccc(OC)cc3)O2)cc1. The molecule has 154 valence electrons. The molecule has 6 heteroatoms. The van der Waals surface area contributed by atoms with Crippen molar-refractivity contribution in [1.82, 2.24) is 15.0 Å². The summed E-state index contributed by atoms with van der Waals surface area (Å²) >= 11 is 0. The van der Waals surface area contributed by atoms with Crippen LogP contribution in [0, 0.1) is 0 Å². The molecular weight excluding hydrogens is 390 g/mol. The van der Waals surface area contributed by atoms with E-state index in [1.165, 1.54) is 0 Å². The Morgan fingerprint density at radius 1 is 0.742 bits per heavy atom. The molecule has 0 aliphatic carbocycles. The van der Waals surface area contributed by atoms with Crippen LogP contribution in [0.15, 0.2) is 84.9 Å². The van der Waals surface area contributed by atoms with E-state index in [0.717, 1.165) is 45.2 Å². The highest BCUT2D eigenvalue weighted by molar-refractivity contribution is 5.77. The largest absolute Gasteiger partial charge is 0.497 e. The third kappa shape index (κ3) is 3.64. The first-order valence-electron chi connectivity index (χ1n) is 9.95. The van der Waals surface area contributed by atoms with E-state index in [0.29, 0.717) is 0 Å². The van der Waals surface area contributed by atoms with E-state index in [-0.39, 0.29) is 6.04 Å². The van der Waals surface area contributed by atoms with Gasteiger partial charge in [0.05, 0.1) is 25.8 Å². The van der Waals surface area contributed by atoms with E-state index in [1.807, 2.05) is 77.5 Å². The molecule has 1 aromatic heterocycles. The highest BCUT2D eigenvalue weighted by Crippen LogP contribution is 2.35. The average Bonchev–Trinajstić information content (AvgIpc) is 3.28. The third-order valence-corrected chi connectivity index (χ3v) is 5.27. The molecule has 3 aromatic carbocycles. The number of para-hydroxylation sites is 1. The molecule has 5 rings (SSSR count). The summed E-state index contributed by atoms with van der Waals surface area (Å²) in [4.78, 5) is 0. The number of hydrogen-bond donors (Lipinski definition) is 0. The number of ether oxygens (including phenoxy) is 3. The van der Waals surface area contributed by atoms with Crippen molar-refractivity contribution < 1.29 is 14.2 Å². The topological polar surface area (TPSA) is 58.4 Å². The van der Waals surface area contributed by atoms with Gasteiger partial charge in [-0.25, -0.2) is 4.68 Å². The fourth-order valence-corrected chi connectivity index (χ4v) is 3.61. The molecule has 0 saturated heterocycles. The number of allylic oxidation sites excluding steroid dienone is 2. The number of methoxy groups -OCH3 is 2. The van der Waals surface area contributed by atoms with Crippen LogP contribution in [-0.2, 0) is 4.74 Å². The number of nitrogens with zero attached hydrogens (tertiary/aromatic N) is 3. The van der Waals surface area contributed by atoms with Crippen LogP contribution in [0.4, 0.5) is 0 Å². The van der Waals surface area contributed by atoms with Crippen molar-refractivity contribution in [2.24, 2.45) is 0 Å². The molecule has 31 heavy (non-hydrogen) atoms. The van der Waals surface area contributed by atoms with Gasteiger partial charge in [-0.2, -0.15) is 0 Å². The number of aromatic nitrogens is 3. The fourth-order valence-electron chi connectivity index (χ4n) is 3.61. The van der Waals surface area contributed by atoms with Gasteiger partial charge in [-0.1, -0.05) is 17.3 Å². The zero-order valence-corrected chi connectivity index (χ0v) is 17.2. The van der Waals surface area contributed by atoms with Gasteiger partial charge in [0, 0.05) is 11.1 Å². The Bertz CT molecular complexity index is 1210. The molecule has 0 fully saturated rings. The van der Waals surface area contributed by atoms with E-state index < -0.39 is 0 Å². The summed E-state index contributed by atoms with van der Waals surface area (Å²) in [6.45, 7) is 0. The van der Waals surface area contributed by atoms with E-state index in [4.69, 9.17) is 14.2 Å². The van der Waals surface area contributed by atoms with Crippen LogP contribution in [0.3, 0.4) is 0 Å². The van der Waals surface area contributed by atoms with Crippen molar-refractivity contribution in [3.05, 3.63) is 96.1 Å². The number of benzene rings is 3. The molecule has 0 atom stereocenters. The second-order valence-corrected chi connectivity index (χ2v) is 7.13. The van der Waals surface area contributed by atoms with Crippen molar-refractivity contribution in [2.75, 3.05) is 14.2 Å². The lowest BCUT2D eigenvalue weighted by Crippen LogP contribution is -2.12. The Morgan fingerprint density at radius 3 is 1.84 bits per heavy atom. The summed E-state index contributed by atoms with van der Waals surface area (Å²) in [5.41, 5.74) is 3.72. The second-order valence-electron chi connectivity index (χ2n) is 7.13. The molecule has 0 N–H and O–H groups in total. The molecule has 0 radical (unpaired) electrons. The summed E-state index contributed by atoms with van der Waals surface area (Å²) in [5, 5.41) is 8.73. The molecule has 1 aliphatic heterocycles. The van der Waals surface area contributed by atoms with Gasteiger partial charge in [0.25, 0.3) is 0 Å². The van der Waals surface area contributed by atoms with E-state index in [9.17, 15) is 0 Å². The van der Waals surface area contributed by atoms with Crippen LogP contribution < -0.4 is 9.47 Å². The van der Waals surface area contributed by atoms with Gasteiger partial charge in [-0.3, -0.25) is 0 Å². The molecule has 0 spiro atoms. The normalized spacial score (nSPS) is 14.0. The quantitative estimate of drug-likeness (QED) is 0.457. The molecule has 4 aromatic rings. The van der Waals surface area contributed by atoms with Crippen molar-refractivity contribution in [1.29, 1.82) is 0 Å². The van der Waals surface area contributed by atoms with Crippen molar-refractivity contribution in [3.63, 3.8) is 0 Å². The molecule has 0 bridgehead atoms. The first kappa shape index (κ1) is 18.9. The van der Waals surface area contributed by atoms with Crippen molar-refractivity contribution in [3.8, 4) is 11.5 Å². The maximum absolute atomic E-state index is 6.32. The summed E-state index contributed by atoms with van der Waals surface area (Å²) in [6, 6.07) is 23.4. The third-order valence-electron chi connectivity index (χ3n) is 5.27. The van der Waals surface area contributed by atoms with Gasteiger partial charge in [0.1, 0.15) is 28.5 Å². The van der Waals surface area contributed by atoms with E-state index in [1.54, 1.807) is 14.2 Å². The van der Waals surface area contributed by atoms with Gasteiger partial charge in [0.2, 0.25) is 0 Å². The predicted octanol–water partition coefficient (Wildman–Crippen LogP) is 5.10. The van der Waals surface area contributed by atoms with Gasteiger partial charge in [-0.15, -0.1) is 5.10 Å². The smallest absolute Gasteiger partial charge is 0.133 e. The van der Waals surface area contributed by atoms with Gasteiger partial charge >= 0.3 is 0 Å². The first-order valence-corrected chi connectivity index (χ1v) is 9.95. The predicted molar refractivity (Wildman–Crippen MR) is 120 cm³/mol. The van der Waals surface area contributed by atoms with Gasteiger partial charge < -0.3 is 14.2 Å². The number of hydrogen-bond acceptors (Lipinski definition) is 5. The molecule has 0 amide bonds. The molecule has 6 nitrogen and oxygen atoms in total. The van der Waals surface area contributed by atoms with Crippen molar-refractivity contribution in [2.45, 2.75) is 6.04 Å². The Hall–Kier alpha value is -4.06. The lowest BCUT2D eigenvalue weighted by Gasteiger charge is -2.23. The van der Waals surface area contributed by atoms with Gasteiger partial charge in [0.15, 0.2) is 0 Å².